The minimum Gasteiger partial charge on any atom is -0.494 e. The van der Waals surface area contributed by atoms with Crippen LogP contribution in [0.3, 0.4) is 0 Å². The summed E-state index contributed by atoms with van der Waals surface area (Å²) in [7, 11) is 0. The van der Waals surface area contributed by atoms with Gasteiger partial charge in [-0.1, -0.05) is 44.0 Å². The van der Waals surface area contributed by atoms with Crippen LogP contribution in [-0.2, 0) is 4.79 Å². The molecule has 27 heavy (non-hydrogen) atoms. The second-order valence-corrected chi connectivity index (χ2v) is 8.55. The topological polar surface area (TPSA) is 49.8 Å². The normalized spacial score (nSPS) is 16.9. The van der Waals surface area contributed by atoms with Crippen LogP contribution in [-0.4, -0.2) is 35.7 Å². The Bertz CT molecular complexity index is 787. The highest BCUT2D eigenvalue weighted by atomic mass is 79.9. The smallest absolute Gasteiger partial charge is 0.306 e. The fraction of sp³-hybridized carbons (Fsp3) is 0.381. The van der Waals surface area contributed by atoms with Gasteiger partial charge in [0.1, 0.15) is 5.75 Å². The quantitative estimate of drug-likeness (QED) is 0.573. The number of rotatable bonds is 6. The number of benzene rings is 2. The van der Waals surface area contributed by atoms with Crippen LogP contribution in [0.15, 0.2) is 51.4 Å². The third-order valence-electron chi connectivity index (χ3n) is 5.00. The Morgan fingerprint density at radius 1 is 1.15 bits per heavy atom. The van der Waals surface area contributed by atoms with Crippen LogP contribution in [0, 0.1) is 5.92 Å². The second-order valence-electron chi connectivity index (χ2n) is 6.72. The number of carboxylic acid groups (broad SMARTS) is 1. The van der Waals surface area contributed by atoms with Crippen molar-refractivity contribution in [3.63, 3.8) is 0 Å². The molecule has 0 spiro atoms. The predicted octanol–water partition coefficient (Wildman–Crippen LogP) is 5.50. The van der Waals surface area contributed by atoms with Gasteiger partial charge in [0.05, 0.1) is 18.6 Å². The van der Waals surface area contributed by atoms with Crippen LogP contribution in [0.25, 0.3) is 0 Å². The van der Waals surface area contributed by atoms with Gasteiger partial charge in [-0.05, 0) is 68.8 Å². The van der Waals surface area contributed by atoms with E-state index in [1.165, 1.54) is 5.56 Å². The van der Waals surface area contributed by atoms with E-state index in [-0.39, 0.29) is 12.0 Å². The number of nitrogens with zero attached hydrogens (tertiary/aromatic N) is 1. The number of aliphatic carboxylic acids is 1. The maximum atomic E-state index is 11.3. The summed E-state index contributed by atoms with van der Waals surface area (Å²) in [6, 6.07) is 14.5. The van der Waals surface area contributed by atoms with E-state index in [4.69, 9.17) is 4.74 Å². The zero-order valence-electron chi connectivity index (χ0n) is 15.2. The zero-order valence-corrected chi connectivity index (χ0v) is 18.4. The summed E-state index contributed by atoms with van der Waals surface area (Å²) < 4.78 is 7.96. The lowest BCUT2D eigenvalue weighted by atomic mass is 9.91. The Balaban J connectivity index is 2.00. The van der Waals surface area contributed by atoms with Gasteiger partial charge in [-0.3, -0.25) is 9.69 Å². The van der Waals surface area contributed by atoms with Crippen LogP contribution in [0.5, 0.6) is 5.75 Å². The van der Waals surface area contributed by atoms with E-state index in [2.05, 4.69) is 55.0 Å². The molecule has 2 aromatic rings. The Morgan fingerprint density at radius 2 is 1.78 bits per heavy atom. The number of carbonyl (C=O) groups is 1. The highest BCUT2D eigenvalue weighted by Crippen LogP contribution is 2.39. The van der Waals surface area contributed by atoms with E-state index in [0.717, 1.165) is 33.3 Å². The molecule has 1 unspecified atom stereocenters. The molecule has 1 aliphatic heterocycles. The predicted molar refractivity (Wildman–Crippen MR) is 113 cm³/mol. The van der Waals surface area contributed by atoms with E-state index in [9.17, 15) is 9.90 Å². The number of likely N-dealkylation sites (tertiary alicyclic amines) is 1. The standard InChI is InChI=1S/C21H23Br2NO3/c1-2-27-19-8-7-17(23)13-18(19)20(14-3-5-16(22)6-4-14)24-11-9-15(10-12-24)21(25)26/h3-8,13,15,20H,2,9-12H2,1H3,(H,25,26). The van der Waals surface area contributed by atoms with Crippen molar-refractivity contribution in [1.82, 2.24) is 4.90 Å². The highest BCUT2D eigenvalue weighted by Gasteiger charge is 2.31. The molecule has 4 nitrogen and oxygen atoms in total. The summed E-state index contributed by atoms with van der Waals surface area (Å²) in [6.07, 6.45) is 1.33. The van der Waals surface area contributed by atoms with Crippen molar-refractivity contribution < 1.29 is 14.6 Å². The number of hydrogen-bond donors (Lipinski definition) is 1. The van der Waals surface area contributed by atoms with Crippen LogP contribution in [0.1, 0.15) is 36.9 Å². The van der Waals surface area contributed by atoms with Gasteiger partial charge in [-0.15, -0.1) is 0 Å². The number of ether oxygens (including phenoxy) is 1. The number of piperidine rings is 1. The van der Waals surface area contributed by atoms with Crippen LogP contribution < -0.4 is 4.74 Å². The van der Waals surface area contributed by atoms with Gasteiger partial charge in [0.25, 0.3) is 0 Å². The van der Waals surface area contributed by atoms with Gasteiger partial charge in [0, 0.05) is 14.5 Å². The Kier molecular flexibility index (Phi) is 6.95. The van der Waals surface area contributed by atoms with E-state index in [0.29, 0.717) is 19.4 Å². The van der Waals surface area contributed by atoms with Crippen LogP contribution in [0.4, 0.5) is 0 Å². The lowest BCUT2D eigenvalue weighted by Gasteiger charge is -2.37. The number of hydrogen-bond acceptors (Lipinski definition) is 3. The van der Waals surface area contributed by atoms with E-state index in [1.54, 1.807) is 0 Å². The average molecular weight is 497 g/mol. The van der Waals surface area contributed by atoms with Crippen molar-refractivity contribution >= 4 is 37.8 Å². The first-order valence-corrected chi connectivity index (χ1v) is 10.7. The summed E-state index contributed by atoms with van der Waals surface area (Å²) in [6.45, 7) is 4.08. The van der Waals surface area contributed by atoms with Crippen LogP contribution >= 0.6 is 31.9 Å². The van der Waals surface area contributed by atoms with E-state index in [1.807, 2.05) is 31.2 Å². The molecule has 1 heterocycles. The third kappa shape index (κ3) is 4.92. The lowest BCUT2D eigenvalue weighted by molar-refractivity contribution is -0.143. The molecule has 0 bridgehead atoms. The third-order valence-corrected chi connectivity index (χ3v) is 6.02. The van der Waals surface area contributed by atoms with Gasteiger partial charge >= 0.3 is 5.97 Å². The van der Waals surface area contributed by atoms with Gasteiger partial charge in [-0.25, -0.2) is 0 Å². The molecule has 1 N–H and O–H groups in total. The molecule has 0 saturated carbocycles. The van der Waals surface area contributed by atoms with Crippen molar-refractivity contribution in [1.29, 1.82) is 0 Å². The molecule has 1 saturated heterocycles. The molecule has 2 aromatic carbocycles. The fourth-order valence-corrected chi connectivity index (χ4v) is 4.30. The summed E-state index contributed by atoms with van der Waals surface area (Å²) in [4.78, 5) is 13.7. The van der Waals surface area contributed by atoms with Crippen LogP contribution in [0.2, 0.25) is 0 Å². The molecule has 6 heteroatoms. The molecule has 0 aliphatic carbocycles. The van der Waals surface area contributed by atoms with Gasteiger partial charge in [0.15, 0.2) is 0 Å². The van der Waals surface area contributed by atoms with Crippen molar-refractivity contribution in [2.45, 2.75) is 25.8 Å². The van der Waals surface area contributed by atoms with Gasteiger partial charge in [0.2, 0.25) is 0 Å². The summed E-state index contributed by atoms with van der Waals surface area (Å²) in [5, 5.41) is 9.33. The SMILES string of the molecule is CCOc1ccc(Br)cc1C(c1ccc(Br)cc1)N1CCC(C(=O)O)CC1. The van der Waals surface area contributed by atoms with Gasteiger partial charge in [-0.2, -0.15) is 0 Å². The molecule has 0 amide bonds. The van der Waals surface area contributed by atoms with Crippen molar-refractivity contribution in [3.05, 3.63) is 62.5 Å². The van der Waals surface area contributed by atoms with Crippen molar-refractivity contribution in [3.8, 4) is 5.75 Å². The number of halogens is 2. The maximum Gasteiger partial charge on any atom is 0.306 e. The first-order chi connectivity index (χ1) is 13.0. The fourth-order valence-electron chi connectivity index (χ4n) is 3.66. The lowest BCUT2D eigenvalue weighted by Crippen LogP contribution is -2.39. The molecule has 1 atom stereocenters. The summed E-state index contributed by atoms with van der Waals surface area (Å²) in [5.41, 5.74) is 2.27. The molecule has 0 aromatic heterocycles. The Labute approximate surface area is 176 Å². The first kappa shape index (κ1) is 20.4. The zero-order chi connectivity index (χ0) is 19.4. The Hall–Kier alpha value is -1.37. The van der Waals surface area contributed by atoms with E-state index >= 15 is 0 Å². The molecule has 3 rings (SSSR count). The van der Waals surface area contributed by atoms with Gasteiger partial charge < -0.3 is 9.84 Å². The second kappa shape index (κ2) is 9.22. The minimum absolute atomic E-state index is 0.0203. The molecule has 0 radical (unpaired) electrons. The van der Waals surface area contributed by atoms with Crippen molar-refractivity contribution in [2.75, 3.05) is 19.7 Å². The monoisotopic (exact) mass is 495 g/mol. The Morgan fingerprint density at radius 3 is 2.37 bits per heavy atom. The molecule has 1 aliphatic rings. The number of carboxylic acids is 1. The summed E-state index contributed by atoms with van der Waals surface area (Å²) in [5.74, 6) is -0.0676. The molecule has 144 valence electrons. The van der Waals surface area contributed by atoms with E-state index < -0.39 is 5.97 Å². The largest absolute Gasteiger partial charge is 0.494 e. The maximum absolute atomic E-state index is 11.3. The summed E-state index contributed by atoms with van der Waals surface area (Å²) >= 11 is 7.10. The highest BCUT2D eigenvalue weighted by molar-refractivity contribution is 9.10. The molecular formula is C21H23Br2NO3. The van der Waals surface area contributed by atoms with Crippen molar-refractivity contribution in [2.24, 2.45) is 5.92 Å². The average Bonchev–Trinajstić information content (AvgIpc) is 2.66. The molecule has 1 fully saturated rings. The minimum atomic E-state index is -0.688. The first-order valence-electron chi connectivity index (χ1n) is 9.14. The molecular weight excluding hydrogens is 474 g/mol.